The minimum Gasteiger partial charge on any atom is -0.298 e. The summed E-state index contributed by atoms with van der Waals surface area (Å²) in [6, 6.07) is 14.2. The molecule has 0 bridgehead atoms. The molecule has 2 aromatic carbocycles. The van der Waals surface area contributed by atoms with E-state index in [1.807, 2.05) is 37.4 Å². The van der Waals surface area contributed by atoms with Crippen molar-refractivity contribution in [1.29, 1.82) is 0 Å². The molecule has 0 atom stereocenters. The Balaban J connectivity index is 1.75. The van der Waals surface area contributed by atoms with Gasteiger partial charge in [0.25, 0.3) is 5.91 Å². The Morgan fingerprint density at radius 1 is 1.00 bits per heavy atom. The number of benzene rings is 2. The van der Waals surface area contributed by atoms with Crippen LogP contribution in [0, 0.1) is 13.8 Å². The quantitative estimate of drug-likeness (QED) is 0.621. The van der Waals surface area contributed by atoms with Gasteiger partial charge in [-0.05, 0) is 48.1 Å². The lowest BCUT2D eigenvalue weighted by molar-refractivity contribution is 0.102. The van der Waals surface area contributed by atoms with Gasteiger partial charge in [-0.3, -0.25) is 10.1 Å². The molecule has 26 heavy (non-hydrogen) atoms. The molecule has 0 aliphatic heterocycles. The van der Waals surface area contributed by atoms with Crippen molar-refractivity contribution in [2.45, 2.75) is 40.0 Å². The molecule has 3 aromatic rings. The van der Waals surface area contributed by atoms with Crippen LogP contribution in [0.25, 0.3) is 11.3 Å². The fourth-order valence-corrected chi connectivity index (χ4v) is 3.37. The van der Waals surface area contributed by atoms with Crippen molar-refractivity contribution in [3.63, 3.8) is 0 Å². The number of amides is 1. The number of nitrogens with one attached hydrogen (secondary N) is 1. The summed E-state index contributed by atoms with van der Waals surface area (Å²) in [5.74, 6) is -0.128. The summed E-state index contributed by atoms with van der Waals surface area (Å²) in [6.45, 7) is 10.6. The lowest BCUT2D eigenvalue weighted by atomic mass is 9.86. The minimum atomic E-state index is -0.128. The average Bonchev–Trinajstić information content (AvgIpc) is 3.05. The molecule has 0 saturated heterocycles. The Morgan fingerprint density at radius 3 is 2.31 bits per heavy atom. The number of carbonyl (C=O) groups excluding carboxylic acids is 1. The highest BCUT2D eigenvalue weighted by atomic mass is 32.1. The zero-order chi connectivity index (χ0) is 18.9. The predicted octanol–water partition coefficient (Wildman–Crippen LogP) is 5.98. The van der Waals surface area contributed by atoms with Crippen molar-refractivity contribution in [2.75, 3.05) is 5.32 Å². The Hall–Kier alpha value is -2.46. The van der Waals surface area contributed by atoms with Crippen molar-refractivity contribution in [3.05, 3.63) is 70.1 Å². The van der Waals surface area contributed by atoms with Crippen molar-refractivity contribution in [1.82, 2.24) is 4.98 Å². The number of hydrogen-bond acceptors (Lipinski definition) is 3. The molecule has 0 spiro atoms. The summed E-state index contributed by atoms with van der Waals surface area (Å²) in [7, 11) is 0. The van der Waals surface area contributed by atoms with Gasteiger partial charge in [0, 0.05) is 16.5 Å². The van der Waals surface area contributed by atoms with Crippen LogP contribution in [0.15, 0.2) is 47.8 Å². The topological polar surface area (TPSA) is 42.0 Å². The molecule has 134 valence electrons. The van der Waals surface area contributed by atoms with Gasteiger partial charge in [0.15, 0.2) is 5.13 Å². The summed E-state index contributed by atoms with van der Waals surface area (Å²) in [6.07, 6.45) is 0. The second-order valence-corrected chi connectivity index (χ2v) is 8.48. The SMILES string of the molecule is Cc1ccc(C(=O)Nc2nc(-c3ccc(C(C)(C)C)cc3)cs2)cc1C. The highest BCUT2D eigenvalue weighted by molar-refractivity contribution is 7.14. The minimum absolute atomic E-state index is 0.128. The first-order chi connectivity index (χ1) is 12.2. The number of aromatic nitrogens is 1. The summed E-state index contributed by atoms with van der Waals surface area (Å²) in [5.41, 5.74) is 6.30. The first kappa shape index (κ1) is 18.3. The zero-order valence-electron chi connectivity index (χ0n) is 15.9. The Morgan fingerprint density at radius 2 is 1.69 bits per heavy atom. The van der Waals surface area contributed by atoms with E-state index in [9.17, 15) is 4.79 Å². The lowest BCUT2D eigenvalue weighted by Crippen LogP contribution is -2.12. The van der Waals surface area contributed by atoms with Gasteiger partial charge in [-0.15, -0.1) is 11.3 Å². The standard InChI is InChI=1S/C22H24N2OS/c1-14-6-7-17(12-15(14)2)20(25)24-21-23-19(13-26-21)16-8-10-18(11-9-16)22(3,4)5/h6-13H,1-5H3,(H,23,24,25). The van der Waals surface area contributed by atoms with Gasteiger partial charge >= 0.3 is 0 Å². The molecule has 0 aliphatic rings. The van der Waals surface area contributed by atoms with Gasteiger partial charge in [-0.2, -0.15) is 0 Å². The molecule has 1 amide bonds. The van der Waals surface area contributed by atoms with E-state index in [0.717, 1.165) is 16.8 Å². The largest absolute Gasteiger partial charge is 0.298 e. The van der Waals surface area contributed by atoms with E-state index in [4.69, 9.17) is 0 Å². The molecule has 0 radical (unpaired) electrons. The number of rotatable bonds is 3. The number of hydrogen-bond donors (Lipinski definition) is 1. The molecule has 1 aromatic heterocycles. The molecule has 0 fully saturated rings. The summed E-state index contributed by atoms with van der Waals surface area (Å²) >= 11 is 1.44. The van der Waals surface area contributed by atoms with E-state index < -0.39 is 0 Å². The third-order valence-corrected chi connectivity index (χ3v) is 5.30. The number of anilines is 1. The molecule has 0 aliphatic carbocycles. The molecular weight excluding hydrogens is 340 g/mol. The Kier molecular flexibility index (Phi) is 4.97. The number of carbonyl (C=O) groups is 1. The number of thiazole rings is 1. The maximum atomic E-state index is 12.4. The maximum absolute atomic E-state index is 12.4. The van der Waals surface area contributed by atoms with Gasteiger partial charge < -0.3 is 0 Å². The number of aryl methyl sites for hydroxylation is 2. The molecule has 1 heterocycles. The third-order valence-electron chi connectivity index (χ3n) is 4.54. The highest BCUT2D eigenvalue weighted by Crippen LogP contribution is 2.28. The van der Waals surface area contributed by atoms with E-state index >= 15 is 0 Å². The van der Waals surface area contributed by atoms with E-state index in [2.05, 4.69) is 55.3 Å². The van der Waals surface area contributed by atoms with Crippen molar-refractivity contribution < 1.29 is 4.79 Å². The average molecular weight is 365 g/mol. The Bertz CT molecular complexity index is 934. The van der Waals surface area contributed by atoms with Crippen LogP contribution in [0.3, 0.4) is 0 Å². The van der Waals surface area contributed by atoms with Gasteiger partial charge in [0.05, 0.1) is 5.69 Å². The molecule has 1 N–H and O–H groups in total. The maximum Gasteiger partial charge on any atom is 0.257 e. The van der Waals surface area contributed by atoms with Crippen LogP contribution in [0.4, 0.5) is 5.13 Å². The summed E-state index contributed by atoms with van der Waals surface area (Å²) < 4.78 is 0. The van der Waals surface area contributed by atoms with E-state index in [1.165, 1.54) is 22.5 Å². The summed E-state index contributed by atoms with van der Waals surface area (Å²) in [4.78, 5) is 17.0. The van der Waals surface area contributed by atoms with Gasteiger partial charge in [-0.25, -0.2) is 4.98 Å². The van der Waals surface area contributed by atoms with Gasteiger partial charge in [0.2, 0.25) is 0 Å². The highest BCUT2D eigenvalue weighted by Gasteiger charge is 2.14. The van der Waals surface area contributed by atoms with E-state index in [1.54, 1.807) is 0 Å². The zero-order valence-corrected chi connectivity index (χ0v) is 16.7. The van der Waals surface area contributed by atoms with Crippen LogP contribution in [-0.4, -0.2) is 10.9 Å². The van der Waals surface area contributed by atoms with Gasteiger partial charge in [0.1, 0.15) is 0 Å². The molecule has 3 nitrogen and oxygen atoms in total. The Labute approximate surface area is 159 Å². The number of nitrogens with zero attached hydrogens (tertiary/aromatic N) is 1. The fraction of sp³-hybridized carbons (Fsp3) is 0.273. The monoisotopic (exact) mass is 364 g/mol. The first-order valence-corrected chi connectivity index (χ1v) is 9.57. The fourth-order valence-electron chi connectivity index (χ4n) is 2.66. The summed E-state index contributed by atoms with van der Waals surface area (Å²) in [5, 5.41) is 5.49. The lowest BCUT2D eigenvalue weighted by Gasteiger charge is -2.18. The van der Waals surface area contributed by atoms with Crippen molar-refractivity contribution in [2.24, 2.45) is 0 Å². The normalized spacial score (nSPS) is 11.4. The molecule has 4 heteroatoms. The second-order valence-electron chi connectivity index (χ2n) is 7.62. The predicted molar refractivity (Wildman–Crippen MR) is 110 cm³/mol. The van der Waals surface area contributed by atoms with Crippen molar-refractivity contribution >= 4 is 22.4 Å². The van der Waals surface area contributed by atoms with Crippen LogP contribution >= 0.6 is 11.3 Å². The van der Waals surface area contributed by atoms with Gasteiger partial charge in [-0.1, -0.05) is 51.1 Å². The van der Waals surface area contributed by atoms with Crippen LogP contribution in [-0.2, 0) is 5.41 Å². The van der Waals surface area contributed by atoms with Crippen LogP contribution in [0.2, 0.25) is 0 Å². The van der Waals surface area contributed by atoms with Crippen LogP contribution < -0.4 is 5.32 Å². The first-order valence-electron chi connectivity index (χ1n) is 8.69. The molecular formula is C22H24N2OS. The third kappa shape index (κ3) is 4.02. The van der Waals surface area contributed by atoms with Crippen LogP contribution in [0.5, 0.6) is 0 Å². The molecule has 3 rings (SSSR count). The van der Waals surface area contributed by atoms with Crippen molar-refractivity contribution in [3.8, 4) is 11.3 Å². The smallest absolute Gasteiger partial charge is 0.257 e. The van der Waals surface area contributed by atoms with E-state index in [0.29, 0.717) is 10.7 Å². The van der Waals surface area contributed by atoms with Crippen LogP contribution in [0.1, 0.15) is 47.8 Å². The second kappa shape index (κ2) is 7.04. The molecule has 0 saturated carbocycles. The molecule has 0 unspecified atom stereocenters. The van der Waals surface area contributed by atoms with E-state index in [-0.39, 0.29) is 11.3 Å².